The van der Waals surface area contributed by atoms with Gasteiger partial charge in [-0.1, -0.05) is 23.4 Å². The summed E-state index contributed by atoms with van der Waals surface area (Å²) in [4.78, 5) is 21.3. The van der Waals surface area contributed by atoms with Gasteiger partial charge in [-0.25, -0.2) is 4.79 Å². The van der Waals surface area contributed by atoms with Crippen LogP contribution in [0.4, 0.5) is 0 Å². The molecular weight excluding hydrogens is 230 g/mol. The number of rotatable bonds is 2. The Morgan fingerprint density at radius 2 is 2.12 bits per heavy atom. The van der Waals surface area contributed by atoms with Crippen molar-refractivity contribution in [1.29, 1.82) is 0 Å². The molecule has 82 valence electrons. The van der Waals surface area contributed by atoms with Crippen molar-refractivity contribution in [2.24, 2.45) is 5.73 Å². The van der Waals surface area contributed by atoms with Gasteiger partial charge in [-0.3, -0.25) is 4.79 Å². The van der Waals surface area contributed by atoms with E-state index in [0.717, 1.165) is 0 Å². The lowest BCUT2D eigenvalue weighted by Gasteiger charge is -1.99. The molecule has 0 radical (unpaired) electrons. The average molecular weight is 238 g/mol. The number of amides is 1. The molecule has 0 fully saturated rings. The first-order chi connectivity index (χ1) is 7.50. The van der Waals surface area contributed by atoms with E-state index >= 15 is 0 Å². The number of carboxylic acid groups (broad SMARTS) is 1. The SMILES string of the molecule is NC(=O)CC#Cc1ccc(Cl)cc1C(=O)O. The molecule has 0 spiro atoms. The summed E-state index contributed by atoms with van der Waals surface area (Å²) in [5, 5.41) is 9.20. The summed E-state index contributed by atoms with van der Waals surface area (Å²) < 4.78 is 0. The summed E-state index contributed by atoms with van der Waals surface area (Å²) in [6.45, 7) is 0. The molecule has 1 aromatic rings. The number of nitrogens with two attached hydrogens (primary N) is 1. The molecule has 0 heterocycles. The Morgan fingerprint density at radius 1 is 1.44 bits per heavy atom. The molecular formula is C11H8ClNO3. The second-order valence-electron chi connectivity index (χ2n) is 2.94. The zero-order valence-corrected chi connectivity index (χ0v) is 8.91. The topological polar surface area (TPSA) is 80.4 Å². The van der Waals surface area contributed by atoms with Crippen LogP contribution in [0.25, 0.3) is 0 Å². The monoisotopic (exact) mass is 237 g/mol. The minimum absolute atomic E-state index is 0.00414. The number of hydrogen-bond donors (Lipinski definition) is 2. The van der Waals surface area contributed by atoms with Crippen molar-refractivity contribution in [1.82, 2.24) is 0 Å². The maximum atomic E-state index is 10.9. The third-order valence-corrected chi connectivity index (χ3v) is 1.93. The molecule has 0 unspecified atom stereocenters. The van der Waals surface area contributed by atoms with Gasteiger partial charge in [-0.05, 0) is 18.2 Å². The third-order valence-electron chi connectivity index (χ3n) is 1.70. The van der Waals surface area contributed by atoms with Gasteiger partial charge in [0.25, 0.3) is 0 Å². The molecule has 0 saturated heterocycles. The number of halogens is 1. The molecule has 1 rings (SSSR count). The summed E-state index contributed by atoms with van der Waals surface area (Å²) in [5.41, 5.74) is 5.21. The standard InChI is InChI=1S/C11H8ClNO3/c12-8-5-4-7(2-1-3-10(13)14)9(6-8)11(15)16/h4-6H,3H2,(H2,13,14)(H,15,16). The van der Waals surface area contributed by atoms with Gasteiger partial charge in [0.2, 0.25) is 5.91 Å². The highest BCUT2D eigenvalue weighted by atomic mass is 35.5. The highest BCUT2D eigenvalue weighted by molar-refractivity contribution is 6.31. The predicted molar refractivity (Wildman–Crippen MR) is 59.1 cm³/mol. The van der Waals surface area contributed by atoms with E-state index in [1.165, 1.54) is 18.2 Å². The Hall–Kier alpha value is -1.99. The smallest absolute Gasteiger partial charge is 0.337 e. The lowest BCUT2D eigenvalue weighted by molar-refractivity contribution is -0.117. The van der Waals surface area contributed by atoms with Gasteiger partial charge in [-0.2, -0.15) is 0 Å². The third kappa shape index (κ3) is 3.30. The fourth-order valence-corrected chi connectivity index (χ4v) is 1.20. The molecule has 0 aliphatic rings. The number of benzene rings is 1. The van der Waals surface area contributed by atoms with Gasteiger partial charge in [0.1, 0.15) is 0 Å². The molecule has 4 nitrogen and oxygen atoms in total. The zero-order valence-electron chi connectivity index (χ0n) is 8.16. The van der Waals surface area contributed by atoms with E-state index in [9.17, 15) is 9.59 Å². The van der Waals surface area contributed by atoms with E-state index < -0.39 is 11.9 Å². The second kappa shape index (κ2) is 5.19. The molecule has 0 bridgehead atoms. The second-order valence-corrected chi connectivity index (χ2v) is 3.38. The quantitative estimate of drug-likeness (QED) is 0.760. The van der Waals surface area contributed by atoms with Crippen LogP contribution in [0.15, 0.2) is 18.2 Å². The molecule has 0 saturated carbocycles. The zero-order chi connectivity index (χ0) is 12.1. The Labute approximate surface area is 97.0 Å². The molecule has 3 N–H and O–H groups in total. The molecule has 0 atom stereocenters. The van der Waals surface area contributed by atoms with Gasteiger partial charge < -0.3 is 10.8 Å². The minimum atomic E-state index is -1.12. The van der Waals surface area contributed by atoms with E-state index in [1.807, 2.05) is 0 Å². The Bertz CT molecular complexity index is 500. The maximum Gasteiger partial charge on any atom is 0.337 e. The predicted octanol–water partition coefficient (Wildman–Crippen LogP) is 1.27. The number of carbonyl (C=O) groups is 2. The van der Waals surface area contributed by atoms with Crippen molar-refractivity contribution in [2.75, 3.05) is 0 Å². The first-order valence-corrected chi connectivity index (χ1v) is 4.68. The summed E-state index contributed by atoms with van der Waals surface area (Å²) in [6.07, 6.45) is -0.109. The van der Waals surface area contributed by atoms with Crippen molar-refractivity contribution in [3.05, 3.63) is 34.3 Å². The lowest BCUT2D eigenvalue weighted by Crippen LogP contribution is -2.08. The van der Waals surface area contributed by atoms with E-state index in [1.54, 1.807) is 0 Å². The number of carboxylic acids is 1. The highest BCUT2D eigenvalue weighted by Crippen LogP contribution is 2.15. The fraction of sp³-hybridized carbons (Fsp3) is 0.0909. The molecule has 16 heavy (non-hydrogen) atoms. The van der Waals surface area contributed by atoms with Crippen LogP contribution in [0.2, 0.25) is 5.02 Å². The summed E-state index contributed by atoms with van der Waals surface area (Å²) >= 11 is 5.66. The van der Waals surface area contributed by atoms with Crippen LogP contribution in [-0.4, -0.2) is 17.0 Å². The number of carbonyl (C=O) groups excluding carboxylic acids is 1. The number of hydrogen-bond acceptors (Lipinski definition) is 2. The van der Waals surface area contributed by atoms with E-state index in [0.29, 0.717) is 10.6 Å². The lowest BCUT2D eigenvalue weighted by atomic mass is 10.1. The van der Waals surface area contributed by atoms with Crippen LogP contribution in [-0.2, 0) is 4.79 Å². The average Bonchev–Trinajstić information content (AvgIpc) is 2.19. The molecule has 1 aromatic carbocycles. The van der Waals surface area contributed by atoms with E-state index in [-0.39, 0.29) is 12.0 Å². The van der Waals surface area contributed by atoms with E-state index in [4.69, 9.17) is 22.4 Å². The largest absolute Gasteiger partial charge is 0.478 e. The maximum absolute atomic E-state index is 10.9. The van der Waals surface area contributed by atoms with Crippen molar-refractivity contribution < 1.29 is 14.7 Å². The van der Waals surface area contributed by atoms with E-state index in [2.05, 4.69) is 11.8 Å². The Morgan fingerprint density at radius 3 is 2.69 bits per heavy atom. The molecule has 5 heteroatoms. The van der Waals surface area contributed by atoms with Gasteiger partial charge in [-0.15, -0.1) is 0 Å². The molecule has 0 aliphatic carbocycles. The van der Waals surface area contributed by atoms with Gasteiger partial charge in [0, 0.05) is 10.6 Å². The normalized spacial score (nSPS) is 9.06. The van der Waals surface area contributed by atoms with Crippen LogP contribution in [0.1, 0.15) is 22.3 Å². The highest BCUT2D eigenvalue weighted by Gasteiger charge is 2.08. The van der Waals surface area contributed by atoms with Crippen LogP contribution < -0.4 is 5.73 Å². The molecule has 1 amide bonds. The first-order valence-electron chi connectivity index (χ1n) is 4.30. The van der Waals surface area contributed by atoms with Crippen molar-refractivity contribution >= 4 is 23.5 Å². The van der Waals surface area contributed by atoms with Gasteiger partial charge in [0.05, 0.1) is 12.0 Å². The fourth-order valence-electron chi connectivity index (χ4n) is 1.03. The minimum Gasteiger partial charge on any atom is -0.478 e. The van der Waals surface area contributed by atoms with Crippen molar-refractivity contribution in [3.8, 4) is 11.8 Å². The summed E-state index contributed by atoms with van der Waals surface area (Å²) in [7, 11) is 0. The van der Waals surface area contributed by atoms with Crippen molar-refractivity contribution in [3.63, 3.8) is 0 Å². The van der Waals surface area contributed by atoms with Crippen LogP contribution in [0.3, 0.4) is 0 Å². The van der Waals surface area contributed by atoms with Gasteiger partial charge >= 0.3 is 5.97 Å². The molecule has 0 aromatic heterocycles. The number of primary amides is 1. The summed E-state index contributed by atoms with van der Waals surface area (Å²) in [6, 6.07) is 4.32. The number of aromatic carboxylic acids is 1. The van der Waals surface area contributed by atoms with Crippen molar-refractivity contribution in [2.45, 2.75) is 6.42 Å². The van der Waals surface area contributed by atoms with Gasteiger partial charge in [0.15, 0.2) is 0 Å². The first kappa shape index (κ1) is 12.1. The Balaban J connectivity index is 3.07. The molecule has 0 aliphatic heterocycles. The van der Waals surface area contributed by atoms with Crippen LogP contribution >= 0.6 is 11.6 Å². The van der Waals surface area contributed by atoms with Crippen LogP contribution in [0, 0.1) is 11.8 Å². The van der Waals surface area contributed by atoms with Crippen LogP contribution in [0.5, 0.6) is 0 Å². The Kier molecular flexibility index (Phi) is 3.92. The summed E-state index contributed by atoms with van der Waals surface area (Å²) in [5.74, 6) is 3.37.